The maximum absolute atomic E-state index is 14.2. The molecular formula is C22H26F3N3O5. The fourth-order valence-electron chi connectivity index (χ4n) is 4.72. The highest BCUT2D eigenvalue weighted by molar-refractivity contribution is 5.96. The third-order valence-electron chi connectivity index (χ3n) is 6.31. The van der Waals surface area contributed by atoms with E-state index in [2.05, 4.69) is 10.4 Å². The lowest BCUT2D eigenvalue weighted by atomic mass is 9.86. The van der Waals surface area contributed by atoms with E-state index in [1.165, 1.54) is 0 Å². The van der Waals surface area contributed by atoms with Crippen LogP contribution in [0.1, 0.15) is 53.1 Å². The first-order valence-electron chi connectivity index (χ1n) is 11.2. The summed E-state index contributed by atoms with van der Waals surface area (Å²) < 4.78 is 66.3. The van der Waals surface area contributed by atoms with E-state index in [0.29, 0.717) is 38.5 Å². The summed E-state index contributed by atoms with van der Waals surface area (Å²) in [5, 5.41) is 7.01. The lowest BCUT2D eigenvalue weighted by Crippen LogP contribution is -2.32. The van der Waals surface area contributed by atoms with Crippen molar-refractivity contribution >= 4 is 5.91 Å². The van der Waals surface area contributed by atoms with Crippen LogP contribution in [0.4, 0.5) is 13.2 Å². The Labute approximate surface area is 188 Å². The van der Waals surface area contributed by atoms with E-state index in [4.69, 9.17) is 18.6 Å². The van der Waals surface area contributed by atoms with Crippen LogP contribution < -0.4 is 5.32 Å². The second kappa shape index (κ2) is 8.77. The van der Waals surface area contributed by atoms with Gasteiger partial charge in [-0.1, -0.05) is 6.92 Å². The molecule has 8 nitrogen and oxygen atoms in total. The number of hydrogen-bond donors (Lipinski definition) is 1. The van der Waals surface area contributed by atoms with Gasteiger partial charge in [0.2, 0.25) is 5.76 Å². The topological polar surface area (TPSA) is 87.8 Å². The summed E-state index contributed by atoms with van der Waals surface area (Å²) in [5.41, 5.74) is -0.318. The summed E-state index contributed by atoms with van der Waals surface area (Å²) in [6, 6.07) is 0. The minimum Gasteiger partial charge on any atom is -0.455 e. The van der Waals surface area contributed by atoms with E-state index in [9.17, 15) is 18.0 Å². The number of nitrogens with zero attached hydrogens (tertiary/aromatic N) is 2. The highest BCUT2D eigenvalue weighted by Crippen LogP contribution is 2.48. The van der Waals surface area contributed by atoms with Crippen molar-refractivity contribution in [2.24, 2.45) is 0 Å². The van der Waals surface area contributed by atoms with Gasteiger partial charge in [0.25, 0.3) is 5.91 Å². The standard InChI is InChI=1S/C22H26F3N3O5/c1-12-7-16-17(19-15(12)10-28(27-19)9-14-11-30-5-6-32-14)18(22(23,24)25)20(33-16)21(29)26-8-13-3-2-4-31-13/h10,12-14H,2-9,11H2,1H3,(H,26,29)/t12-,13-,14-/m0/s1. The molecule has 5 rings (SSSR count). The summed E-state index contributed by atoms with van der Waals surface area (Å²) in [4.78, 5) is 12.7. The number of aromatic nitrogens is 2. The third-order valence-corrected chi connectivity index (χ3v) is 6.31. The van der Waals surface area contributed by atoms with Crippen molar-refractivity contribution < 1.29 is 36.6 Å². The number of carbonyl (C=O) groups is 1. The van der Waals surface area contributed by atoms with Gasteiger partial charge in [-0.15, -0.1) is 0 Å². The average Bonchev–Trinajstić information content (AvgIpc) is 3.50. The van der Waals surface area contributed by atoms with Crippen molar-refractivity contribution in [3.63, 3.8) is 0 Å². The minimum absolute atomic E-state index is 0.111. The number of carbonyl (C=O) groups excluding carboxylic acids is 1. The predicted molar refractivity (Wildman–Crippen MR) is 109 cm³/mol. The molecule has 3 aliphatic rings. The molecule has 11 heteroatoms. The van der Waals surface area contributed by atoms with Gasteiger partial charge in [0.05, 0.1) is 43.7 Å². The molecule has 0 radical (unpaired) electrons. The van der Waals surface area contributed by atoms with Gasteiger partial charge in [0.1, 0.15) is 17.4 Å². The van der Waals surface area contributed by atoms with Crippen LogP contribution in [-0.4, -0.2) is 60.9 Å². The number of alkyl halides is 3. The van der Waals surface area contributed by atoms with Gasteiger partial charge in [0.15, 0.2) is 0 Å². The quantitative estimate of drug-likeness (QED) is 0.724. The Bertz CT molecular complexity index is 1020. The van der Waals surface area contributed by atoms with Crippen molar-refractivity contribution in [3.05, 3.63) is 28.8 Å². The molecule has 0 aromatic carbocycles. The first kappa shape index (κ1) is 22.4. The van der Waals surface area contributed by atoms with Crippen LogP contribution in [0.25, 0.3) is 11.3 Å². The van der Waals surface area contributed by atoms with Crippen LogP contribution in [0.5, 0.6) is 0 Å². The second-order valence-corrected chi connectivity index (χ2v) is 8.78. The summed E-state index contributed by atoms with van der Waals surface area (Å²) in [5.74, 6) is -1.59. The summed E-state index contributed by atoms with van der Waals surface area (Å²) >= 11 is 0. The first-order chi connectivity index (χ1) is 15.8. The van der Waals surface area contributed by atoms with Crippen molar-refractivity contribution in [2.45, 2.75) is 57.0 Å². The molecule has 2 fully saturated rings. The lowest BCUT2D eigenvalue weighted by molar-refractivity contribution is -0.137. The number of amides is 1. The molecule has 0 bridgehead atoms. The van der Waals surface area contributed by atoms with Crippen LogP contribution >= 0.6 is 0 Å². The van der Waals surface area contributed by atoms with Gasteiger partial charge in [-0.05, 0) is 18.8 Å². The van der Waals surface area contributed by atoms with Gasteiger partial charge in [-0.25, -0.2) is 0 Å². The summed E-state index contributed by atoms with van der Waals surface area (Å²) in [7, 11) is 0. The van der Waals surface area contributed by atoms with Crippen molar-refractivity contribution in [3.8, 4) is 11.3 Å². The Morgan fingerprint density at radius 3 is 2.76 bits per heavy atom. The number of halogens is 3. The zero-order valence-corrected chi connectivity index (χ0v) is 18.2. The van der Waals surface area contributed by atoms with Gasteiger partial charge in [0, 0.05) is 31.3 Å². The maximum atomic E-state index is 14.2. The second-order valence-electron chi connectivity index (χ2n) is 8.78. The number of furan rings is 1. The number of ether oxygens (including phenoxy) is 3. The Balaban J connectivity index is 1.48. The number of hydrogen-bond acceptors (Lipinski definition) is 6. The van der Waals surface area contributed by atoms with Crippen molar-refractivity contribution in [1.29, 1.82) is 0 Å². The Hall–Kier alpha value is -2.37. The smallest absolute Gasteiger partial charge is 0.420 e. The van der Waals surface area contributed by atoms with Gasteiger partial charge < -0.3 is 23.9 Å². The van der Waals surface area contributed by atoms with E-state index in [1.807, 2.05) is 6.92 Å². The predicted octanol–water partition coefficient (Wildman–Crippen LogP) is 3.15. The molecule has 4 heterocycles. The normalized spacial score (nSPS) is 25.0. The number of nitrogens with one attached hydrogen (secondary N) is 1. The van der Waals surface area contributed by atoms with Gasteiger partial charge in [-0.3, -0.25) is 9.48 Å². The van der Waals surface area contributed by atoms with E-state index < -0.39 is 23.4 Å². The van der Waals surface area contributed by atoms with Crippen LogP contribution in [0.3, 0.4) is 0 Å². The van der Waals surface area contributed by atoms with E-state index in [-0.39, 0.29) is 48.1 Å². The van der Waals surface area contributed by atoms with Crippen LogP contribution in [-0.2, 0) is 33.4 Å². The molecule has 1 N–H and O–H groups in total. The average molecular weight is 469 g/mol. The summed E-state index contributed by atoms with van der Waals surface area (Å²) in [6.45, 7) is 4.39. The Kier molecular flexibility index (Phi) is 5.96. The minimum atomic E-state index is -4.78. The lowest BCUT2D eigenvalue weighted by Gasteiger charge is -2.22. The molecule has 2 saturated heterocycles. The number of fused-ring (bicyclic) bond motifs is 3. The van der Waals surface area contributed by atoms with Gasteiger partial charge >= 0.3 is 6.18 Å². The van der Waals surface area contributed by atoms with Crippen molar-refractivity contribution in [1.82, 2.24) is 15.1 Å². The van der Waals surface area contributed by atoms with Crippen LogP contribution in [0.15, 0.2) is 10.6 Å². The largest absolute Gasteiger partial charge is 0.455 e. The molecule has 1 amide bonds. The SMILES string of the molecule is C[C@H]1Cc2oc(C(=O)NC[C@@H]3CCCO3)c(C(F)(F)F)c2-c2nn(C[C@H]3COCCO3)cc21. The molecule has 3 atom stereocenters. The highest BCUT2D eigenvalue weighted by atomic mass is 19.4. The zero-order chi connectivity index (χ0) is 23.2. The maximum Gasteiger partial charge on any atom is 0.420 e. The zero-order valence-electron chi connectivity index (χ0n) is 18.2. The molecule has 180 valence electrons. The van der Waals surface area contributed by atoms with Crippen LogP contribution in [0, 0.1) is 0 Å². The molecule has 0 unspecified atom stereocenters. The molecule has 2 aliphatic heterocycles. The van der Waals surface area contributed by atoms with Gasteiger partial charge in [-0.2, -0.15) is 18.3 Å². The third kappa shape index (κ3) is 4.41. The van der Waals surface area contributed by atoms with Crippen LogP contribution in [0.2, 0.25) is 0 Å². The molecule has 0 spiro atoms. The fraction of sp³-hybridized carbons (Fsp3) is 0.636. The van der Waals surface area contributed by atoms with E-state index in [0.717, 1.165) is 12.8 Å². The Morgan fingerprint density at radius 2 is 2.06 bits per heavy atom. The Morgan fingerprint density at radius 1 is 1.24 bits per heavy atom. The molecule has 33 heavy (non-hydrogen) atoms. The molecular weight excluding hydrogens is 443 g/mol. The molecule has 1 aliphatic carbocycles. The van der Waals surface area contributed by atoms with Crippen molar-refractivity contribution in [2.75, 3.05) is 33.0 Å². The molecule has 2 aromatic rings. The number of rotatable bonds is 5. The first-order valence-corrected chi connectivity index (χ1v) is 11.2. The molecule has 2 aromatic heterocycles. The summed E-state index contributed by atoms with van der Waals surface area (Å²) in [6.07, 6.45) is -1.57. The fourth-order valence-corrected chi connectivity index (χ4v) is 4.72. The molecule has 0 saturated carbocycles. The van der Waals surface area contributed by atoms with E-state index >= 15 is 0 Å². The van der Waals surface area contributed by atoms with E-state index in [1.54, 1.807) is 10.9 Å². The monoisotopic (exact) mass is 469 g/mol. The highest BCUT2D eigenvalue weighted by Gasteiger charge is 2.46.